The molecular weight excluding hydrogens is 591 g/mol. The number of hydrogen-bond donors (Lipinski definition) is 1. The summed E-state index contributed by atoms with van der Waals surface area (Å²) >= 11 is 4.24. The molecule has 0 fully saturated rings. The predicted molar refractivity (Wildman–Crippen MR) is 107 cm³/mol. The summed E-state index contributed by atoms with van der Waals surface area (Å²) in [5.41, 5.74) is 4.26. The van der Waals surface area contributed by atoms with Crippen LogP contribution < -0.4 is 0 Å². The Balaban J connectivity index is 0.000000849. The summed E-state index contributed by atoms with van der Waals surface area (Å²) < 4.78 is 0. The minimum atomic E-state index is 0. The average Bonchev–Trinajstić information content (AvgIpc) is 2.57. The molecule has 0 unspecified atom stereocenters. The number of fused-ring (bicyclic) bond motifs is 1. The molecule has 1 aliphatic rings. The number of carbonyl (C=O) groups excluding carboxylic acids is 1. The number of benzene rings is 2. The van der Waals surface area contributed by atoms with Crippen molar-refractivity contribution in [1.82, 2.24) is 0 Å². The van der Waals surface area contributed by atoms with Gasteiger partial charge in [-0.15, -0.1) is 0 Å². The topological polar surface area (TPSA) is 37.3 Å². The molecule has 1 N–H and O–H groups in total. The number of hydrogen-bond acceptors (Lipinski definition) is 2. The van der Waals surface area contributed by atoms with E-state index in [0.717, 1.165) is 17.5 Å². The summed E-state index contributed by atoms with van der Waals surface area (Å²) in [7, 11) is 0. The van der Waals surface area contributed by atoms with Gasteiger partial charge < -0.3 is 5.11 Å². The molecule has 3 rings (SSSR count). The van der Waals surface area contributed by atoms with E-state index in [1.807, 2.05) is 19.1 Å². The van der Waals surface area contributed by atoms with Crippen molar-refractivity contribution in [1.29, 1.82) is 0 Å². The number of ketones is 1. The van der Waals surface area contributed by atoms with Crippen LogP contribution in [-0.2, 0) is 43.9 Å². The van der Waals surface area contributed by atoms with Crippen LogP contribution in [-0.4, -0.2) is 10.9 Å². The first-order valence-electron chi connectivity index (χ1n) is 6.84. The molecule has 0 aromatic heterocycles. The van der Waals surface area contributed by atoms with Gasteiger partial charge in [0.1, 0.15) is 5.76 Å². The van der Waals surface area contributed by atoms with E-state index in [0.29, 0.717) is 17.6 Å². The van der Waals surface area contributed by atoms with Crippen LogP contribution in [0.1, 0.15) is 28.7 Å². The van der Waals surface area contributed by atoms with Crippen LogP contribution in [0.5, 0.6) is 0 Å². The number of aryl methyl sites for hydroxylation is 2. The SMILES string of the molecule is Cc1ccc2c(c1)CCC(=O)C2=C(O)c1cc[c-]cc1.II.[Y]. The Kier molecular flexibility index (Phi) is 9.48. The Bertz CT molecular complexity index is 712. The van der Waals surface area contributed by atoms with Crippen LogP contribution in [0.4, 0.5) is 0 Å². The molecule has 0 bridgehead atoms. The van der Waals surface area contributed by atoms with Gasteiger partial charge in [-0.05, 0) is 24.5 Å². The van der Waals surface area contributed by atoms with Crippen molar-refractivity contribution < 1.29 is 42.6 Å². The molecule has 5 heteroatoms. The molecule has 1 aliphatic carbocycles. The van der Waals surface area contributed by atoms with Crippen LogP contribution in [0, 0.1) is 13.0 Å². The Morgan fingerprint density at radius 2 is 1.78 bits per heavy atom. The zero-order chi connectivity index (χ0) is 16.1. The molecule has 23 heavy (non-hydrogen) atoms. The fourth-order valence-electron chi connectivity index (χ4n) is 2.65. The number of allylic oxidation sites excluding steroid dienone is 1. The molecular formula is C18H15I2O2Y-. The molecule has 0 amide bonds. The van der Waals surface area contributed by atoms with E-state index in [1.165, 1.54) is 5.56 Å². The Hall–Kier alpha value is 0.214. The van der Waals surface area contributed by atoms with Crippen molar-refractivity contribution in [2.24, 2.45) is 0 Å². The van der Waals surface area contributed by atoms with Gasteiger partial charge in [-0.3, -0.25) is 4.79 Å². The third kappa shape index (κ3) is 5.09. The van der Waals surface area contributed by atoms with Gasteiger partial charge in [0.25, 0.3) is 0 Å². The predicted octanol–water partition coefficient (Wildman–Crippen LogP) is 5.51. The molecule has 1 radical (unpaired) electrons. The van der Waals surface area contributed by atoms with Gasteiger partial charge in [0, 0.05) is 76.4 Å². The van der Waals surface area contributed by atoms with Gasteiger partial charge in [0.15, 0.2) is 5.78 Å². The number of halogens is 2. The quantitative estimate of drug-likeness (QED) is 0.202. The summed E-state index contributed by atoms with van der Waals surface area (Å²) in [6.07, 6.45) is 1.20. The first-order chi connectivity index (χ1) is 10.7. The standard InChI is InChI=1S/C18H15O2.I2.Y/c1-12-7-9-15-14(11-12)8-10-16(19)17(15)18(20)13-5-3-2-4-6-13;1-2;/h3-7,9,11,20H,8,10H2,1H3;;/q-1;;. The van der Waals surface area contributed by atoms with Gasteiger partial charge in [-0.1, -0.05) is 29.3 Å². The maximum Gasteiger partial charge on any atom is 0.167 e. The molecule has 0 heterocycles. The summed E-state index contributed by atoms with van der Waals surface area (Å²) in [5.74, 6) is 0.0699. The normalized spacial score (nSPS) is 14.8. The van der Waals surface area contributed by atoms with Crippen LogP contribution in [0.3, 0.4) is 0 Å². The van der Waals surface area contributed by atoms with Crippen molar-refractivity contribution in [2.45, 2.75) is 19.8 Å². The number of carbonyl (C=O) groups is 1. The van der Waals surface area contributed by atoms with E-state index in [-0.39, 0.29) is 44.3 Å². The van der Waals surface area contributed by atoms with Crippen LogP contribution in [0.25, 0.3) is 11.3 Å². The zero-order valence-electron chi connectivity index (χ0n) is 12.6. The summed E-state index contributed by atoms with van der Waals surface area (Å²) in [5, 5.41) is 10.5. The molecule has 0 spiro atoms. The van der Waals surface area contributed by atoms with E-state index >= 15 is 0 Å². The average molecular weight is 606 g/mol. The summed E-state index contributed by atoms with van der Waals surface area (Å²) in [4.78, 5) is 12.2. The van der Waals surface area contributed by atoms with Gasteiger partial charge in [0.05, 0.1) is 5.57 Å². The van der Waals surface area contributed by atoms with E-state index in [4.69, 9.17) is 0 Å². The van der Waals surface area contributed by atoms with E-state index in [1.54, 1.807) is 24.3 Å². The second-order valence-corrected chi connectivity index (χ2v) is 5.10. The molecule has 0 saturated carbocycles. The number of aliphatic hydroxyl groups is 1. The molecule has 0 saturated heterocycles. The minimum Gasteiger partial charge on any atom is -0.509 e. The largest absolute Gasteiger partial charge is 0.509 e. The fraction of sp³-hybridized carbons (Fsp3) is 0.167. The number of aliphatic hydroxyl groups excluding tert-OH is 1. The van der Waals surface area contributed by atoms with Crippen molar-refractivity contribution in [3.05, 3.63) is 70.8 Å². The summed E-state index contributed by atoms with van der Waals surface area (Å²) in [6, 6.07) is 15.9. The van der Waals surface area contributed by atoms with Crippen molar-refractivity contribution in [3.8, 4) is 0 Å². The third-order valence-corrected chi connectivity index (χ3v) is 3.66. The molecule has 117 valence electrons. The molecule has 2 aromatic carbocycles. The minimum absolute atomic E-state index is 0. The zero-order valence-corrected chi connectivity index (χ0v) is 19.8. The molecule has 2 aromatic rings. The third-order valence-electron chi connectivity index (χ3n) is 3.66. The number of Topliss-reactive ketones (excluding diaryl/α,β-unsaturated/α-hetero) is 1. The molecule has 2 nitrogen and oxygen atoms in total. The Morgan fingerprint density at radius 3 is 2.43 bits per heavy atom. The van der Waals surface area contributed by atoms with Crippen molar-refractivity contribution in [2.75, 3.05) is 0 Å². The Labute approximate surface area is 185 Å². The second kappa shape index (κ2) is 10.3. The summed E-state index contributed by atoms with van der Waals surface area (Å²) in [6.45, 7) is 2.03. The smallest absolute Gasteiger partial charge is 0.167 e. The maximum atomic E-state index is 12.2. The van der Waals surface area contributed by atoms with Crippen LogP contribution >= 0.6 is 37.2 Å². The number of rotatable bonds is 1. The first-order valence-corrected chi connectivity index (χ1v) is 13.1. The van der Waals surface area contributed by atoms with Crippen LogP contribution in [0.15, 0.2) is 42.5 Å². The van der Waals surface area contributed by atoms with Gasteiger partial charge in [-0.25, -0.2) is 0 Å². The van der Waals surface area contributed by atoms with Crippen molar-refractivity contribution in [3.63, 3.8) is 0 Å². The second-order valence-electron chi connectivity index (χ2n) is 5.10. The van der Waals surface area contributed by atoms with Crippen LogP contribution in [0.2, 0.25) is 0 Å². The van der Waals surface area contributed by atoms with E-state index < -0.39 is 0 Å². The molecule has 0 aliphatic heterocycles. The molecule has 0 atom stereocenters. The van der Waals surface area contributed by atoms with Crippen molar-refractivity contribution >= 4 is 54.3 Å². The Morgan fingerprint density at radius 1 is 1.13 bits per heavy atom. The maximum absolute atomic E-state index is 12.2. The van der Waals surface area contributed by atoms with Gasteiger partial charge >= 0.3 is 0 Å². The van der Waals surface area contributed by atoms with Gasteiger partial charge in [0.2, 0.25) is 0 Å². The van der Waals surface area contributed by atoms with E-state index in [9.17, 15) is 9.90 Å². The fourth-order valence-corrected chi connectivity index (χ4v) is 2.65. The first kappa shape index (κ1) is 21.3. The van der Waals surface area contributed by atoms with Gasteiger partial charge in [-0.2, -0.15) is 30.3 Å². The monoisotopic (exact) mass is 606 g/mol. The van der Waals surface area contributed by atoms with E-state index in [2.05, 4.69) is 49.4 Å².